The van der Waals surface area contributed by atoms with Crippen LogP contribution in [0.2, 0.25) is 0 Å². The molecule has 3 heteroatoms. The average Bonchev–Trinajstić information content (AvgIpc) is 3.16. The van der Waals surface area contributed by atoms with Crippen molar-refractivity contribution in [3.8, 4) is 0 Å². The Balaban J connectivity index is 1.51. The highest BCUT2D eigenvalue weighted by Crippen LogP contribution is 2.59. The summed E-state index contributed by atoms with van der Waals surface area (Å²) in [5.41, 5.74) is 6.32. The number of benzene rings is 3. The van der Waals surface area contributed by atoms with Gasteiger partial charge in [-0.3, -0.25) is 4.79 Å². The molecule has 2 bridgehead atoms. The summed E-state index contributed by atoms with van der Waals surface area (Å²) in [6, 6.07) is 28.0. The Hall–Kier alpha value is -2.78. The van der Waals surface area contributed by atoms with Crippen LogP contribution in [0.25, 0.3) is 0 Å². The van der Waals surface area contributed by atoms with Crippen LogP contribution in [0.5, 0.6) is 0 Å². The molecular weight excluding hydrogens is 400 g/mol. The van der Waals surface area contributed by atoms with Crippen molar-refractivity contribution in [1.29, 1.82) is 0 Å². The molecule has 0 saturated carbocycles. The molecule has 0 saturated heterocycles. The molecule has 0 fully saturated rings. The van der Waals surface area contributed by atoms with E-state index in [-0.39, 0.29) is 22.9 Å². The largest absolute Gasteiger partial charge is 0.512 e. The van der Waals surface area contributed by atoms with Crippen molar-refractivity contribution in [2.24, 2.45) is 5.92 Å². The predicted octanol–water partition coefficient (Wildman–Crippen LogP) is 6.62. The molecule has 0 heterocycles. The lowest BCUT2D eigenvalue weighted by molar-refractivity contribution is -0.115. The van der Waals surface area contributed by atoms with Crippen molar-refractivity contribution in [2.75, 3.05) is 0 Å². The molecule has 2 unspecified atom stereocenters. The van der Waals surface area contributed by atoms with E-state index < -0.39 is 0 Å². The second-order valence-corrected chi connectivity index (χ2v) is 10.0. The second kappa shape index (κ2) is 7.42. The van der Waals surface area contributed by atoms with Gasteiger partial charge in [0.25, 0.3) is 0 Å². The number of thioether (sulfide) groups is 1. The molecule has 4 aliphatic carbocycles. The molecule has 4 aliphatic rings. The number of allylic oxidation sites excluding steroid dienone is 1. The number of carbonyl (C=O) groups is 1. The number of Topliss-reactive ketones (excluding diaryl/α,β-unsaturated/α-hetero) is 1. The molecule has 1 N–H and O–H groups in total. The van der Waals surface area contributed by atoms with Crippen molar-refractivity contribution in [3.05, 3.63) is 112 Å². The molecule has 0 amide bonds. The van der Waals surface area contributed by atoms with E-state index in [0.29, 0.717) is 30.1 Å². The number of hydrogen-bond acceptors (Lipinski definition) is 3. The van der Waals surface area contributed by atoms with E-state index in [2.05, 4.69) is 60.7 Å². The molecule has 3 aromatic rings. The molecule has 0 radical (unpaired) electrons. The van der Waals surface area contributed by atoms with E-state index in [9.17, 15) is 9.90 Å². The molecule has 3 aromatic carbocycles. The van der Waals surface area contributed by atoms with Gasteiger partial charge in [0.1, 0.15) is 5.76 Å². The van der Waals surface area contributed by atoms with E-state index in [0.717, 1.165) is 11.3 Å². The van der Waals surface area contributed by atoms with Crippen molar-refractivity contribution in [3.63, 3.8) is 0 Å². The Morgan fingerprint density at radius 2 is 1.35 bits per heavy atom. The third kappa shape index (κ3) is 2.98. The summed E-state index contributed by atoms with van der Waals surface area (Å²) < 4.78 is 0. The minimum absolute atomic E-state index is 0.0494. The van der Waals surface area contributed by atoms with Crippen LogP contribution in [0.15, 0.2) is 95.1 Å². The number of ketones is 1. The zero-order chi connectivity index (χ0) is 20.9. The van der Waals surface area contributed by atoms with E-state index >= 15 is 0 Å². The number of aliphatic hydroxyl groups excluding tert-OH is 1. The molecule has 0 spiro atoms. The fraction of sp³-hybridized carbons (Fsp3) is 0.250. The number of hydrogen-bond donors (Lipinski definition) is 1. The molecule has 2 nitrogen and oxygen atoms in total. The molecule has 154 valence electrons. The number of aliphatic hydroxyl groups is 1. The van der Waals surface area contributed by atoms with Gasteiger partial charge in [0.15, 0.2) is 5.78 Å². The van der Waals surface area contributed by atoms with E-state index in [1.165, 1.54) is 22.3 Å². The quantitative estimate of drug-likeness (QED) is 0.478. The minimum atomic E-state index is -0.0494. The lowest BCUT2D eigenvalue weighted by Crippen LogP contribution is -2.38. The van der Waals surface area contributed by atoms with Gasteiger partial charge in [-0.2, -0.15) is 0 Å². The maximum Gasteiger partial charge on any atom is 0.163 e. The van der Waals surface area contributed by atoms with Crippen molar-refractivity contribution >= 4 is 17.5 Å². The van der Waals surface area contributed by atoms with Gasteiger partial charge in [0, 0.05) is 40.4 Å². The van der Waals surface area contributed by atoms with Crippen molar-refractivity contribution in [1.82, 2.24) is 0 Å². The number of rotatable bonds is 4. The summed E-state index contributed by atoms with van der Waals surface area (Å²) in [7, 11) is 0. The van der Waals surface area contributed by atoms with Gasteiger partial charge in [-0.25, -0.2) is 0 Å². The van der Waals surface area contributed by atoms with Crippen LogP contribution >= 0.6 is 11.8 Å². The zero-order valence-electron chi connectivity index (χ0n) is 17.2. The Bertz CT molecular complexity index is 1150. The fourth-order valence-corrected chi connectivity index (χ4v) is 7.41. The maximum absolute atomic E-state index is 12.9. The highest BCUT2D eigenvalue weighted by molar-refractivity contribution is 8.00. The number of carbonyl (C=O) groups excluding carboxylic acids is 1. The Morgan fingerprint density at radius 3 is 1.94 bits per heavy atom. The maximum atomic E-state index is 12.9. The van der Waals surface area contributed by atoms with Gasteiger partial charge in [0.05, 0.1) is 0 Å². The smallest absolute Gasteiger partial charge is 0.163 e. The third-order valence-electron chi connectivity index (χ3n) is 7.23. The average molecular weight is 425 g/mol. The molecule has 31 heavy (non-hydrogen) atoms. The van der Waals surface area contributed by atoms with Gasteiger partial charge >= 0.3 is 0 Å². The standard InChI is InChI=1S/C28H24O2S/c29-24-14-15-25(30)27(24)28(31-17-8-2-1-3-9-17)23-16-22-18-10-4-6-12-20(18)26(23)21-13-7-5-11-19(21)22/h1-13,22-23,26,28-29H,14-16H2. The van der Waals surface area contributed by atoms with Crippen LogP contribution in [0.3, 0.4) is 0 Å². The lowest BCUT2D eigenvalue weighted by Gasteiger charge is -2.48. The summed E-state index contributed by atoms with van der Waals surface area (Å²) in [5.74, 6) is 1.28. The summed E-state index contributed by atoms with van der Waals surface area (Å²) in [4.78, 5) is 14.1. The monoisotopic (exact) mass is 424 g/mol. The van der Waals surface area contributed by atoms with Gasteiger partial charge in [0.2, 0.25) is 0 Å². The van der Waals surface area contributed by atoms with Crippen LogP contribution < -0.4 is 0 Å². The van der Waals surface area contributed by atoms with Crippen LogP contribution in [0.4, 0.5) is 0 Å². The molecule has 7 rings (SSSR count). The molecule has 0 aromatic heterocycles. The zero-order valence-corrected chi connectivity index (χ0v) is 18.0. The van der Waals surface area contributed by atoms with Crippen LogP contribution in [-0.4, -0.2) is 16.1 Å². The minimum Gasteiger partial charge on any atom is -0.512 e. The summed E-state index contributed by atoms with van der Waals surface area (Å²) in [6.45, 7) is 0. The van der Waals surface area contributed by atoms with E-state index in [1.807, 2.05) is 18.2 Å². The predicted molar refractivity (Wildman–Crippen MR) is 125 cm³/mol. The highest BCUT2D eigenvalue weighted by atomic mass is 32.2. The first-order chi connectivity index (χ1) is 15.2. The lowest BCUT2D eigenvalue weighted by atomic mass is 9.58. The van der Waals surface area contributed by atoms with Crippen molar-refractivity contribution < 1.29 is 9.90 Å². The van der Waals surface area contributed by atoms with Gasteiger partial charge in [-0.1, -0.05) is 66.7 Å². The Labute approximate surface area is 187 Å². The molecule has 0 aliphatic heterocycles. The van der Waals surface area contributed by atoms with Crippen LogP contribution in [-0.2, 0) is 4.79 Å². The summed E-state index contributed by atoms with van der Waals surface area (Å²) in [5, 5.41) is 10.7. The normalized spacial score (nSPS) is 24.8. The highest BCUT2D eigenvalue weighted by Gasteiger charge is 2.48. The van der Waals surface area contributed by atoms with Gasteiger partial charge in [-0.05, 0) is 46.7 Å². The van der Waals surface area contributed by atoms with Gasteiger partial charge < -0.3 is 5.11 Å². The van der Waals surface area contributed by atoms with Crippen LogP contribution in [0, 0.1) is 5.92 Å². The molecular formula is C28H24O2S. The van der Waals surface area contributed by atoms with E-state index in [4.69, 9.17) is 0 Å². The second-order valence-electron chi connectivity index (χ2n) is 8.82. The first-order valence-electron chi connectivity index (χ1n) is 11.1. The Kier molecular flexibility index (Phi) is 4.53. The summed E-state index contributed by atoms with van der Waals surface area (Å²) >= 11 is 1.75. The first-order valence-corrected chi connectivity index (χ1v) is 11.9. The molecule has 2 atom stereocenters. The SMILES string of the molecule is O=C1CCC(O)=C1C(Sc1ccccc1)C1CC2c3ccccc3C1c1ccccc12. The van der Waals surface area contributed by atoms with Crippen molar-refractivity contribution in [2.45, 2.75) is 41.2 Å². The van der Waals surface area contributed by atoms with Gasteiger partial charge in [-0.15, -0.1) is 11.8 Å². The number of fused-ring (bicyclic) bond motifs is 1. The first kappa shape index (κ1) is 18.9. The third-order valence-corrected chi connectivity index (χ3v) is 8.61. The fourth-order valence-electron chi connectivity index (χ4n) is 5.97. The van der Waals surface area contributed by atoms with E-state index in [1.54, 1.807) is 11.8 Å². The van der Waals surface area contributed by atoms with Crippen LogP contribution in [0.1, 0.15) is 53.4 Å². The summed E-state index contributed by atoms with van der Waals surface area (Å²) in [6.07, 6.45) is 1.92. The topological polar surface area (TPSA) is 37.3 Å². The Morgan fingerprint density at radius 1 is 0.774 bits per heavy atom.